The normalized spacial score (nSPS) is 16.2. The van der Waals surface area contributed by atoms with Crippen LogP contribution in [0.15, 0.2) is 52.7 Å². The molecule has 4 rings (SSSR count). The van der Waals surface area contributed by atoms with Crippen LogP contribution in [0, 0.1) is 5.82 Å². The predicted octanol–water partition coefficient (Wildman–Crippen LogP) is 5.22. The number of hydrogen-bond acceptors (Lipinski definition) is 5. The molecule has 0 saturated carbocycles. The number of thiazole rings is 1. The summed E-state index contributed by atoms with van der Waals surface area (Å²) in [5.74, 6) is 0.291. The maximum atomic E-state index is 13.5. The van der Waals surface area contributed by atoms with Crippen molar-refractivity contribution in [1.29, 1.82) is 0 Å². The van der Waals surface area contributed by atoms with Gasteiger partial charge in [-0.25, -0.2) is 9.37 Å². The summed E-state index contributed by atoms with van der Waals surface area (Å²) >= 11 is 7.85. The lowest BCUT2D eigenvalue weighted by molar-refractivity contribution is 0.626. The molecule has 3 aromatic rings. The monoisotopic (exact) mass is 417 g/mol. The number of amidine groups is 1. The van der Waals surface area contributed by atoms with Crippen molar-refractivity contribution in [1.82, 2.24) is 20.1 Å². The highest BCUT2D eigenvalue weighted by Gasteiger charge is 2.29. The number of rotatable bonds is 3. The fourth-order valence-corrected chi connectivity index (χ4v) is 3.82. The van der Waals surface area contributed by atoms with Crippen LogP contribution in [0.5, 0.6) is 0 Å². The fraction of sp³-hybridized carbons (Fsp3) is 0.250. The molecule has 0 fully saturated rings. The Hall–Kier alpha value is -2.51. The Balaban J connectivity index is 0.00000109. The molecule has 146 valence electrons. The summed E-state index contributed by atoms with van der Waals surface area (Å²) in [5, 5.41) is 10.8. The quantitative estimate of drug-likeness (QED) is 0.635. The Morgan fingerprint density at radius 1 is 1.25 bits per heavy atom. The van der Waals surface area contributed by atoms with Gasteiger partial charge in [-0.15, -0.1) is 11.3 Å². The van der Waals surface area contributed by atoms with E-state index < -0.39 is 6.04 Å². The number of nitrogens with one attached hydrogen (secondary N) is 1. The van der Waals surface area contributed by atoms with Crippen molar-refractivity contribution in [3.8, 4) is 0 Å². The van der Waals surface area contributed by atoms with Gasteiger partial charge in [-0.2, -0.15) is 5.10 Å². The number of aliphatic imine (C=N–C) groups is 1. The Morgan fingerprint density at radius 2 is 2.04 bits per heavy atom. The molecule has 0 amide bonds. The third-order valence-electron chi connectivity index (χ3n) is 4.12. The maximum absolute atomic E-state index is 13.5. The molecule has 8 heteroatoms. The average Bonchev–Trinajstić information content (AvgIpc) is 3.35. The molecule has 28 heavy (non-hydrogen) atoms. The highest BCUT2D eigenvalue weighted by atomic mass is 35.5. The van der Waals surface area contributed by atoms with Crippen LogP contribution in [-0.4, -0.2) is 20.6 Å². The van der Waals surface area contributed by atoms with E-state index in [1.54, 1.807) is 16.9 Å². The number of hydrogen-bond donors (Lipinski definition) is 1. The molecule has 1 atom stereocenters. The predicted molar refractivity (Wildman–Crippen MR) is 113 cm³/mol. The molecule has 3 heterocycles. The van der Waals surface area contributed by atoms with Crippen LogP contribution in [0.1, 0.15) is 43.1 Å². The lowest BCUT2D eigenvalue weighted by Crippen LogP contribution is -2.29. The SMILES string of the molecule is CC.CC1=C(c2ccn(C)n2)C(c2ccc(F)cc2Cl)N=C(c2nccs2)N1. The van der Waals surface area contributed by atoms with Gasteiger partial charge in [0.05, 0.1) is 5.69 Å². The first-order valence-electron chi connectivity index (χ1n) is 8.93. The first-order valence-corrected chi connectivity index (χ1v) is 10.2. The topological polar surface area (TPSA) is 55.1 Å². The van der Waals surface area contributed by atoms with Crippen molar-refractivity contribution >= 4 is 34.3 Å². The Kier molecular flexibility index (Phi) is 6.26. The summed E-state index contributed by atoms with van der Waals surface area (Å²) in [6.45, 7) is 5.97. The molecule has 5 nitrogen and oxygen atoms in total. The Labute approximate surface area is 172 Å². The van der Waals surface area contributed by atoms with E-state index in [-0.39, 0.29) is 5.82 Å². The van der Waals surface area contributed by atoms with E-state index >= 15 is 0 Å². The summed E-state index contributed by atoms with van der Waals surface area (Å²) < 4.78 is 15.3. The van der Waals surface area contributed by atoms with E-state index in [4.69, 9.17) is 16.6 Å². The zero-order valence-electron chi connectivity index (χ0n) is 16.1. The van der Waals surface area contributed by atoms with Gasteiger partial charge in [0.1, 0.15) is 11.9 Å². The smallest absolute Gasteiger partial charge is 0.163 e. The first kappa shape index (κ1) is 20.2. The molecule has 1 aromatic carbocycles. The Morgan fingerprint density at radius 3 is 2.64 bits per heavy atom. The zero-order valence-corrected chi connectivity index (χ0v) is 17.6. The van der Waals surface area contributed by atoms with Gasteiger partial charge >= 0.3 is 0 Å². The lowest BCUT2D eigenvalue weighted by atomic mass is 9.93. The van der Waals surface area contributed by atoms with Gasteiger partial charge in [-0.05, 0) is 25.1 Å². The highest BCUT2D eigenvalue weighted by Crippen LogP contribution is 2.40. The van der Waals surface area contributed by atoms with Crippen LogP contribution in [0.4, 0.5) is 4.39 Å². The van der Waals surface area contributed by atoms with E-state index in [0.29, 0.717) is 10.9 Å². The molecule has 1 aliphatic heterocycles. The molecule has 0 aliphatic carbocycles. The number of aryl methyl sites for hydroxylation is 1. The molecule has 0 bridgehead atoms. The van der Waals surface area contributed by atoms with Gasteiger partial charge in [-0.3, -0.25) is 9.67 Å². The minimum Gasteiger partial charge on any atom is -0.341 e. The van der Waals surface area contributed by atoms with Gasteiger partial charge < -0.3 is 5.32 Å². The van der Waals surface area contributed by atoms with E-state index in [0.717, 1.165) is 27.5 Å². The molecule has 2 aromatic heterocycles. The zero-order chi connectivity index (χ0) is 20.3. The standard InChI is InChI=1S/C18H15ClFN5S.C2H6/c1-10-15(14-5-7-25(2)24-14)16(12-4-3-11(20)9-13(12)19)23-17(22-10)18-21-6-8-26-18;1-2/h3-9,16H,1-2H3,(H,22,23);1-2H3. The average molecular weight is 418 g/mol. The molecule has 0 saturated heterocycles. The second kappa shape index (κ2) is 8.67. The minimum atomic E-state index is -0.404. The van der Waals surface area contributed by atoms with Crippen molar-refractivity contribution in [3.05, 3.63) is 74.8 Å². The number of halogens is 2. The van der Waals surface area contributed by atoms with Crippen molar-refractivity contribution in [2.45, 2.75) is 26.8 Å². The summed E-state index contributed by atoms with van der Waals surface area (Å²) in [6, 6.07) is 5.90. The van der Waals surface area contributed by atoms with Gasteiger partial charge in [0.2, 0.25) is 0 Å². The van der Waals surface area contributed by atoms with Crippen LogP contribution in [-0.2, 0) is 7.05 Å². The lowest BCUT2D eigenvalue weighted by Gasteiger charge is -2.26. The summed E-state index contributed by atoms with van der Waals surface area (Å²) in [4.78, 5) is 9.17. The van der Waals surface area contributed by atoms with Gasteiger partial charge in [0.15, 0.2) is 10.8 Å². The molecular weight excluding hydrogens is 397 g/mol. The van der Waals surface area contributed by atoms with Gasteiger partial charge in [0, 0.05) is 46.7 Å². The minimum absolute atomic E-state index is 0.334. The van der Waals surface area contributed by atoms with Crippen molar-refractivity contribution in [2.75, 3.05) is 0 Å². The second-order valence-corrected chi connectivity index (χ2v) is 7.22. The van der Waals surface area contributed by atoms with Gasteiger partial charge in [-0.1, -0.05) is 31.5 Å². The third-order valence-corrected chi connectivity index (χ3v) is 5.23. The summed E-state index contributed by atoms with van der Waals surface area (Å²) in [6.07, 6.45) is 3.61. The fourth-order valence-electron chi connectivity index (χ4n) is 2.96. The molecule has 1 N–H and O–H groups in total. The van der Waals surface area contributed by atoms with E-state index in [1.165, 1.54) is 23.5 Å². The van der Waals surface area contributed by atoms with Crippen molar-refractivity contribution in [2.24, 2.45) is 12.0 Å². The maximum Gasteiger partial charge on any atom is 0.163 e. The third kappa shape index (κ3) is 4.00. The summed E-state index contributed by atoms with van der Waals surface area (Å²) in [5.41, 5.74) is 3.34. The Bertz CT molecular complexity index is 1020. The molecule has 0 radical (unpaired) electrons. The molecule has 1 unspecified atom stereocenters. The molecule has 0 spiro atoms. The second-order valence-electron chi connectivity index (χ2n) is 5.92. The summed E-state index contributed by atoms with van der Waals surface area (Å²) in [7, 11) is 1.86. The van der Waals surface area contributed by atoms with Gasteiger partial charge in [0.25, 0.3) is 0 Å². The van der Waals surface area contributed by atoms with Crippen LogP contribution < -0.4 is 5.32 Å². The highest BCUT2D eigenvalue weighted by molar-refractivity contribution is 7.11. The number of nitrogens with zero attached hydrogens (tertiary/aromatic N) is 4. The van der Waals surface area contributed by atoms with Crippen molar-refractivity contribution < 1.29 is 4.39 Å². The van der Waals surface area contributed by atoms with E-state index in [1.807, 2.05) is 45.5 Å². The molecular formula is C20H21ClFN5S. The number of benzene rings is 1. The number of aromatic nitrogens is 3. The largest absolute Gasteiger partial charge is 0.341 e. The first-order chi connectivity index (χ1) is 13.5. The van der Waals surface area contributed by atoms with Crippen LogP contribution in [0.3, 0.4) is 0 Å². The van der Waals surface area contributed by atoms with E-state index in [9.17, 15) is 4.39 Å². The van der Waals surface area contributed by atoms with Crippen LogP contribution in [0.25, 0.3) is 5.57 Å². The van der Waals surface area contributed by atoms with Crippen molar-refractivity contribution in [3.63, 3.8) is 0 Å². The number of allylic oxidation sites excluding steroid dienone is 1. The molecule has 1 aliphatic rings. The van der Waals surface area contributed by atoms with Crippen LogP contribution in [0.2, 0.25) is 5.02 Å². The van der Waals surface area contributed by atoms with E-state index in [2.05, 4.69) is 15.4 Å². The van der Waals surface area contributed by atoms with Crippen LogP contribution >= 0.6 is 22.9 Å².